The molecule has 0 spiro atoms. The van der Waals surface area contributed by atoms with Crippen LogP contribution in [0.4, 0.5) is 5.95 Å². The van der Waals surface area contributed by atoms with Crippen molar-refractivity contribution in [3.05, 3.63) is 52.8 Å². The van der Waals surface area contributed by atoms with Gasteiger partial charge in [0.25, 0.3) is 5.91 Å². The summed E-state index contributed by atoms with van der Waals surface area (Å²) in [7, 11) is 0. The van der Waals surface area contributed by atoms with Gasteiger partial charge in [-0.2, -0.15) is 5.26 Å². The average molecular weight is 345 g/mol. The van der Waals surface area contributed by atoms with Crippen molar-refractivity contribution in [1.29, 1.82) is 5.26 Å². The molecule has 1 aliphatic carbocycles. The number of imidazole rings is 1. The van der Waals surface area contributed by atoms with Gasteiger partial charge in [0.05, 0.1) is 22.7 Å². The number of aromatic nitrogens is 3. The van der Waals surface area contributed by atoms with Gasteiger partial charge >= 0.3 is 0 Å². The predicted molar refractivity (Wildman–Crippen MR) is 99.0 cm³/mol. The number of carbonyl (C=O) groups excluding carboxylic acids is 1. The lowest BCUT2D eigenvalue weighted by atomic mass is 9.96. The quantitative estimate of drug-likeness (QED) is 0.788. The molecule has 0 unspecified atom stereocenters. The van der Waals surface area contributed by atoms with Crippen molar-refractivity contribution >= 4 is 22.9 Å². The zero-order valence-electron chi connectivity index (χ0n) is 14.6. The summed E-state index contributed by atoms with van der Waals surface area (Å²) in [6.07, 6.45) is 4.28. The standard InChI is InChI=1S/C20H19N5O/c1-2-25-18-10-7-13(12-21)11-17(18)23-20(25)24-19(26)16-9-8-14-5-3-4-6-15(14)22-16/h7-11H,2-6H2,1H3,(H,23,24,26). The van der Waals surface area contributed by atoms with Gasteiger partial charge in [-0.25, -0.2) is 9.97 Å². The minimum Gasteiger partial charge on any atom is -0.310 e. The van der Waals surface area contributed by atoms with E-state index in [1.807, 2.05) is 23.6 Å². The fraction of sp³-hybridized carbons (Fsp3) is 0.300. The Morgan fingerprint density at radius 2 is 2.08 bits per heavy atom. The van der Waals surface area contributed by atoms with E-state index in [0.29, 0.717) is 29.3 Å². The highest BCUT2D eigenvalue weighted by Gasteiger charge is 2.17. The maximum atomic E-state index is 12.7. The molecule has 0 saturated carbocycles. The summed E-state index contributed by atoms with van der Waals surface area (Å²) in [6, 6.07) is 11.3. The van der Waals surface area contributed by atoms with E-state index in [1.165, 1.54) is 12.0 Å². The number of amides is 1. The number of aryl methyl sites for hydroxylation is 3. The van der Waals surface area contributed by atoms with E-state index >= 15 is 0 Å². The minimum absolute atomic E-state index is 0.260. The molecule has 0 bridgehead atoms. The van der Waals surface area contributed by atoms with E-state index in [9.17, 15) is 4.79 Å². The van der Waals surface area contributed by atoms with Crippen LogP contribution in [0.15, 0.2) is 30.3 Å². The smallest absolute Gasteiger partial charge is 0.276 e. The first-order valence-corrected chi connectivity index (χ1v) is 8.90. The van der Waals surface area contributed by atoms with Crippen LogP contribution in [0.5, 0.6) is 0 Å². The second-order valence-electron chi connectivity index (χ2n) is 6.46. The Morgan fingerprint density at radius 1 is 1.23 bits per heavy atom. The Morgan fingerprint density at radius 3 is 2.88 bits per heavy atom. The van der Waals surface area contributed by atoms with Gasteiger partial charge in [-0.3, -0.25) is 10.1 Å². The number of anilines is 1. The normalized spacial score (nSPS) is 13.2. The highest BCUT2D eigenvalue weighted by atomic mass is 16.2. The molecule has 2 heterocycles. The molecular formula is C20H19N5O. The van der Waals surface area contributed by atoms with Gasteiger partial charge in [0.15, 0.2) is 0 Å². The van der Waals surface area contributed by atoms with Gasteiger partial charge in [-0.1, -0.05) is 6.07 Å². The Labute approximate surface area is 151 Å². The number of rotatable bonds is 3. The Bertz CT molecular complexity index is 1040. The second-order valence-corrected chi connectivity index (χ2v) is 6.46. The number of pyridine rings is 1. The van der Waals surface area contributed by atoms with E-state index in [1.54, 1.807) is 18.2 Å². The number of fused-ring (bicyclic) bond motifs is 2. The average Bonchev–Trinajstić information content (AvgIpc) is 3.03. The fourth-order valence-electron chi connectivity index (χ4n) is 3.49. The summed E-state index contributed by atoms with van der Waals surface area (Å²) in [5, 5.41) is 11.9. The number of hydrogen-bond donors (Lipinski definition) is 1. The van der Waals surface area contributed by atoms with Gasteiger partial charge in [-0.05, 0) is 62.4 Å². The van der Waals surface area contributed by atoms with E-state index in [4.69, 9.17) is 5.26 Å². The van der Waals surface area contributed by atoms with Crippen LogP contribution in [0, 0.1) is 11.3 Å². The Hall–Kier alpha value is -3.20. The maximum absolute atomic E-state index is 12.7. The summed E-state index contributed by atoms with van der Waals surface area (Å²) < 4.78 is 1.92. The summed E-state index contributed by atoms with van der Waals surface area (Å²) >= 11 is 0. The molecule has 1 aromatic carbocycles. The van der Waals surface area contributed by atoms with E-state index in [-0.39, 0.29) is 5.91 Å². The van der Waals surface area contributed by atoms with Crippen molar-refractivity contribution in [3.63, 3.8) is 0 Å². The molecule has 6 heteroatoms. The molecule has 1 aliphatic rings. The lowest BCUT2D eigenvalue weighted by Crippen LogP contribution is -2.18. The van der Waals surface area contributed by atoms with E-state index in [2.05, 4.69) is 21.4 Å². The van der Waals surface area contributed by atoms with Gasteiger partial charge in [0.1, 0.15) is 5.69 Å². The molecule has 0 radical (unpaired) electrons. The van der Waals surface area contributed by atoms with Crippen LogP contribution in [0.1, 0.15) is 47.1 Å². The van der Waals surface area contributed by atoms with Crippen LogP contribution >= 0.6 is 0 Å². The van der Waals surface area contributed by atoms with Gasteiger partial charge in [0, 0.05) is 12.2 Å². The molecule has 2 aromatic heterocycles. The molecule has 130 valence electrons. The van der Waals surface area contributed by atoms with Crippen molar-refractivity contribution in [1.82, 2.24) is 14.5 Å². The van der Waals surface area contributed by atoms with Crippen molar-refractivity contribution in [2.75, 3.05) is 5.32 Å². The highest BCUT2D eigenvalue weighted by Crippen LogP contribution is 2.22. The third-order valence-corrected chi connectivity index (χ3v) is 4.83. The molecule has 1 amide bonds. The SMILES string of the molecule is CCn1c(NC(=O)c2ccc3c(n2)CCCC3)nc2cc(C#N)ccc21. The van der Waals surface area contributed by atoms with Crippen molar-refractivity contribution in [3.8, 4) is 6.07 Å². The van der Waals surface area contributed by atoms with Gasteiger partial charge in [0.2, 0.25) is 5.95 Å². The highest BCUT2D eigenvalue weighted by molar-refractivity contribution is 6.02. The molecule has 0 saturated heterocycles. The molecule has 0 aliphatic heterocycles. The number of nitrogens with one attached hydrogen (secondary N) is 1. The lowest BCUT2D eigenvalue weighted by Gasteiger charge is -2.15. The summed E-state index contributed by atoms with van der Waals surface area (Å²) in [4.78, 5) is 21.7. The lowest BCUT2D eigenvalue weighted by molar-refractivity contribution is 0.102. The van der Waals surface area contributed by atoms with Crippen LogP contribution in [-0.4, -0.2) is 20.4 Å². The molecule has 3 aromatic rings. The summed E-state index contributed by atoms with van der Waals surface area (Å²) in [6.45, 7) is 2.65. The third-order valence-electron chi connectivity index (χ3n) is 4.83. The van der Waals surface area contributed by atoms with Crippen LogP contribution in [0.3, 0.4) is 0 Å². The van der Waals surface area contributed by atoms with Crippen LogP contribution in [0.2, 0.25) is 0 Å². The molecule has 4 rings (SSSR count). The molecule has 0 atom stereocenters. The number of benzene rings is 1. The largest absolute Gasteiger partial charge is 0.310 e. The van der Waals surface area contributed by atoms with Crippen molar-refractivity contribution < 1.29 is 4.79 Å². The van der Waals surface area contributed by atoms with Gasteiger partial charge in [-0.15, -0.1) is 0 Å². The zero-order chi connectivity index (χ0) is 18.1. The summed E-state index contributed by atoms with van der Waals surface area (Å²) in [5.74, 6) is 0.214. The first-order chi connectivity index (χ1) is 12.7. The second kappa shape index (κ2) is 6.60. The molecule has 6 nitrogen and oxygen atoms in total. The number of nitriles is 1. The molecular weight excluding hydrogens is 326 g/mol. The van der Waals surface area contributed by atoms with Crippen LogP contribution < -0.4 is 5.32 Å². The Balaban J connectivity index is 1.66. The zero-order valence-corrected chi connectivity index (χ0v) is 14.6. The van der Waals surface area contributed by atoms with Crippen LogP contribution in [-0.2, 0) is 19.4 Å². The first kappa shape index (κ1) is 16.3. The maximum Gasteiger partial charge on any atom is 0.276 e. The van der Waals surface area contributed by atoms with Crippen LogP contribution in [0.25, 0.3) is 11.0 Å². The minimum atomic E-state index is -0.260. The number of carbonyl (C=O) groups is 1. The first-order valence-electron chi connectivity index (χ1n) is 8.90. The predicted octanol–water partition coefficient (Wildman–Crippen LogP) is 3.45. The number of nitrogens with zero attached hydrogens (tertiary/aromatic N) is 4. The van der Waals surface area contributed by atoms with Crippen molar-refractivity contribution in [2.24, 2.45) is 0 Å². The third kappa shape index (κ3) is 2.82. The van der Waals surface area contributed by atoms with Gasteiger partial charge < -0.3 is 4.57 Å². The monoisotopic (exact) mass is 345 g/mol. The topological polar surface area (TPSA) is 83.6 Å². The molecule has 1 N–H and O–H groups in total. The molecule has 26 heavy (non-hydrogen) atoms. The fourth-order valence-corrected chi connectivity index (χ4v) is 3.49. The van der Waals surface area contributed by atoms with E-state index < -0.39 is 0 Å². The molecule has 0 fully saturated rings. The Kier molecular flexibility index (Phi) is 4.13. The summed E-state index contributed by atoms with van der Waals surface area (Å²) in [5.41, 5.74) is 4.83. The van der Waals surface area contributed by atoms with E-state index in [0.717, 1.165) is 30.5 Å². The van der Waals surface area contributed by atoms with Crippen molar-refractivity contribution in [2.45, 2.75) is 39.2 Å². The number of hydrogen-bond acceptors (Lipinski definition) is 4.